The quantitative estimate of drug-likeness (QED) is 0.650. The van der Waals surface area contributed by atoms with Gasteiger partial charge in [0.2, 0.25) is 0 Å². The number of ketones is 2. The van der Waals surface area contributed by atoms with E-state index in [1.165, 1.54) is 0 Å². The lowest BCUT2D eigenvalue weighted by Crippen LogP contribution is -2.04. The summed E-state index contributed by atoms with van der Waals surface area (Å²) in [6.07, 6.45) is 10.4. The minimum absolute atomic E-state index is 0.0425. The van der Waals surface area contributed by atoms with E-state index in [1.54, 1.807) is 38.2 Å². The van der Waals surface area contributed by atoms with Gasteiger partial charge in [-0.05, 0) is 60.4 Å². The maximum atomic E-state index is 11.3. The highest BCUT2D eigenvalue weighted by Crippen LogP contribution is 2.22. The third-order valence-electron chi connectivity index (χ3n) is 2.68. The van der Waals surface area contributed by atoms with Crippen molar-refractivity contribution in [1.29, 1.82) is 0 Å². The predicted molar refractivity (Wildman–Crippen MR) is 85.5 cm³/mol. The van der Waals surface area contributed by atoms with E-state index in [-0.39, 0.29) is 11.6 Å². The van der Waals surface area contributed by atoms with Crippen LogP contribution in [0.4, 0.5) is 0 Å². The summed E-state index contributed by atoms with van der Waals surface area (Å²) >= 11 is 0. The van der Waals surface area contributed by atoms with E-state index in [0.29, 0.717) is 0 Å². The molecule has 20 heavy (non-hydrogen) atoms. The molecular formula is C18H24O2. The molecule has 0 amide bonds. The molecule has 0 saturated heterocycles. The summed E-state index contributed by atoms with van der Waals surface area (Å²) in [5.74, 6) is 0.0850. The first-order valence-corrected chi connectivity index (χ1v) is 7.13. The number of rotatable bonds is 0. The van der Waals surface area contributed by atoms with Gasteiger partial charge in [0.1, 0.15) is 0 Å². The highest BCUT2D eigenvalue weighted by Gasteiger charge is 2.11. The first kappa shape index (κ1) is 18.0. The average Bonchev–Trinajstić information content (AvgIpc) is 2.49. The van der Waals surface area contributed by atoms with Crippen molar-refractivity contribution in [3.63, 3.8) is 0 Å². The Labute approximate surface area is 122 Å². The van der Waals surface area contributed by atoms with Crippen LogP contribution in [-0.2, 0) is 9.59 Å². The topological polar surface area (TPSA) is 34.1 Å². The van der Waals surface area contributed by atoms with Gasteiger partial charge in [-0.15, -0.1) is 0 Å². The monoisotopic (exact) mass is 272 g/mol. The van der Waals surface area contributed by atoms with Crippen molar-refractivity contribution >= 4 is 11.6 Å². The summed E-state index contributed by atoms with van der Waals surface area (Å²) in [7, 11) is 0. The molecule has 2 aliphatic rings. The minimum Gasteiger partial charge on any atom is -0.290 e. The van der Waals surface area contributed by atoms with E-state index in [0.717, 1.165) is 22.3 Å². The van der Waals surface area contributed by atoms with Gasteiger partial charge in [0.25, 0.3) is 0 Å². The molecule has 0 atom stereocenters. The Bertz CT molecular complexity index is 476. The molecule has 0 aromatic rings. The Morgan fingerprint density at radius 1 is 0.600 bits per heavy atom. The van der Waals surface area contributed by atoms with E-state index in [2.05, 4.69) is 0 Å². The highest BCUT2D eigenvalue weighted by molar-refractivity contribution is 6.07. The Balaban J connectivity index is 0.000000829. The van der Waals surface area contributed by atoms with E-state index >= 15 is 0 Å². The molecule has 108 valence electrons. The summed E-state index contributed by atoms with van der Waals surface area (Å²) in [5.41, 5.74) is 3.39. The second kappa shape index (κ2) is 9.03. The average molecular weight is 272 g/mol. The largest absolute Gasteiger partial charge is 0.290 e. The first-order valence-electron chi connectivity index (χ1n) is 7.13. The van der Waals surface area contributed by atoms with Gasteiger partial charge in [-0.25, -0.2) is 0 Å². The Kier molecular flexibility index (Phi) is 8.14. The zero-order valence-corrected chi connectivity index (χ0v) is 13.3. The molecule has 0 saturated carbocycles. The van der Waals surface area contributed by atoms with Crippen LogP contribution in [0.1, 0.15) is 41.5 Å². The van der Waals surface area contributed by atoms with Gasteiger partial charge in [0, 0.05) is 0 Å². The van der Waals surface area contributed by atoms with E-state index in [1.807, 2.05) is 39.8 Å². The fourth-order valence-corrected chi connectivity index (χ4v) is 1.66. The molecule has 0 unspecified atom stereocenters. The number of allylic oxidation sites excluding steroid dienone is 10. The third kappa shape index (κ3) is 4.61. The van der Waals surface area contributed by atoms with Crippen molar-refractivity contribution in [2.24, 2.45) is 0 Å². The molecule has 0 fully saturated rings. The van der Waals surface area contributed by atoms with Crippen LogP contribution in [0.5, 0.6) is 0 Å². The van der Waals surface area contributed by atoms with Crippen molar-refractivity contribution in [3.8, 4) is 0 Å². The fourth-order valence-electron chi connectivity index (χ4n) is 1.66. The van der Waals surface area contributed by atoms with Crippen LogP contribution in [0.15, 0.2) is 58.7 Å². The van der Waals surface area contributed by atoms with Crippen molar-refractivity contribution in [2.75, 3.05) is 0 Å². The highest BCUT2D eigenvalue weighted by atomic mass is 16.1. The van der Waals surface area contributed by atoms with E-state index < -0.39 is 0 Å². The Hall–Kier alpha value is -1.96. The second-order valence-electron chi connectivity index (χ2n) is 3.96. The lowest BCUT2D eigenvalue weighted by Gasteiger charge is -2.10. The maximum Gasteiger partial charge on any atom is 0.181 e. The molecule has 0 bridgehead atoms. The Morgan fingerprint density at radius 2 is 0.900 bits per heavy atom. The maximum absolute atomic E-state index is 11.3. The lowest BCUT2D eigenvalue weighted by atomic mass is 9.93. The number of hydrogen-bond donors (Lipinski definition) is 0. The molecule has 0 aromatic heterocycles. The van der Waals surface area contributed by atoms with Crippen LogP contribution in [0.25, 0.3) is 0 Å². The molecule has 0 aliphatic heterocycles. The molecule has 2 nitrogen and oxygen atoms in total. The van der Waals surface area contributed by atoms with Crippen LogP contribution in [-0.4, -0.2) is 11.6 Å². The minimum atomic E-state index is 0.0425. The summed E-state index contributed by atoms with van der Waals surface area (Å²) in [6.45, 7) is 11.6. The first-order chi connectivity index (χ1) is 9.58. The number of carbonyl (C=O) groups excluding carboxylic acids is 2. The SMILES string of the molecule is CC.CC.CC1=C/C(=C2/C=CC(=O)C(C)=C2)C=CC1=O. The van der Waals surface area contributed by atoms with Gasteiger partial charge in [-0.3, -0.25) is 9.59 Å². The summed E-state index contributed by atoms with van der Waals surface area (Å²) in [6, 6.07) is 0. The van der Waals surface area contributed by atoms with Crippen LogP contribution in [0, 0.1) is 0 Å². The summed E-state index contributed by atoms with van der Waals surface area (Å²) in [5, 5.41) is 0. The van der Waals surface area contributed by atoms with Crippen molar-refractivity contribution < 1.29 is 9.59 Å². The number of hydrogen-bond acceptors (Lipinski definition) is 2. The molecule has 2 heteroatoms. The smallest absolute Gasteiger partial charge is 0.181 e. The van der Waals surface area contributed by atoms with Crippen molar-refractivity contribution in [1.82, 2.24) is 0 Å². The zero-order valence-electron chi connectivity index (χ0n) is 13.3. The van der Waals surface area contributed by atoms with Gasteiger partial charge in [-0.1, -0.05) is 39.8 Å². The van der Waals surface area contributed by atoms with Crippen LogP contribution in [0.2, 0.25) is 0 Å². The van der Waals surface area contributed by atoms with Gasteiger partial charge in [0.05, 0.1) is 0 Å². The van der Waals surface area contributed by atoms with Gasteiger partial charge in [-0.2, -0.15) is 0 Å². The van der Waals surface area contributed by atoms with Gasteiger partial charge >= 0.3 is 0 Å². The molecular weight excluding hydrogens is 248 g/mol. The molecule has 0 heterocycles. The number of carbonyl (C=O) groups is 2. The molecule has 0 aromatic carbocycles. The lowest BCUT2D eigenvalue weighted by molar-refractivity contribution is -0.112. The molecule has 2 aliphatic carbocycles. The van der Waals surface area contributed by atoms with E-state index in [9.17, 15) is 9.59 Å². The molecule has 2 rings (SSSR count). The van der Waals surface area contributed by atoms with Gasteiger partial charge < -0.3 is 0 Å². The van der Waals surface area contributed by atoms with E-state index in [4.69, 9.17) is 0 Å². The Morgan fingerprint density at radius 3 is 1.15 bits per heavy atom. The zero-order chi connectivity index (χ0) is 15.7. The van der Waals surface area contributed by atoms with Crippen LogP contribution < -0.4 is 0 Å². The molecule has 0 spiro atoms. The van der Waals surface area contributed by atoms with Crippen molar-refractivity contribution in [2.45, 2.75) is 41.5 Å². The normalized spacial score (nSPS) is 20.3. The third-order valence-corrected chi connectivity index (χ3v) is 2.68. The van der Waals surface area contributed by atoms with Crippen molar-refractivity contribution in [3.05, 3.63) is 58.7 Å². The summed E-state index contributed by atoms with van der Waals surface area (Å²) < 4.78 is 0. The van der Waals surface area contributed by atoms with Crippen LogP contribution in [0.3, 0.4) is 0 Å². The molecule has 0 N–H and O–H groups in total. The molecule has 0 radical (unpaired) electrons. The van der Waals surface area contributed by atoms with Gasteiger partial charge in [0.15, 0.2) is 11.6 Å². The fraction of sp³-hybridized carbons (Fsp3) is 0.333. The standard InChI is InChI=1S/C14H12O2.2C2H6/c1-9-7-11(3-5-13(9)15)12-4-6-14(16)10(2)8-12;2*1-2/h3-8H,1-2H3;2*1-2H3/b12-11-;;. The predicted octanol–water partition coefficient (Wildman–Crippen LogP) is 4.51. The summed E-state index contributed by atoms with van der Waals surface area (Å²) in [4.78, 5) is 22.5. The van der Waals surface area contributed by atoms with Crippen LogP contribution >= 0.6 is 0 Å². The second-order valence-corrected chi connectivity index (χ2v) is 3.96.